The number of rotatable bonds is 8. The predicted octanol–water partition coefficient (Wildman–Crippen LogP) is 4.84. The second kappa shape index (κ2) is 11.8. The highest BCUT2D eigenvalue weighted by molar-refractivity contribution is 7.99. The molecule has 8 heteroatoms. The van der Waals surface area contributed by atoms with E-state index in [4.69, 9.17) is 23.2 Å². The number of carbonyl (C=O) groups is 1. The number of thioether (sulfide) groups is 1. The Bertz CT molecular complexity index is 1050. The van der Waals surface area contributed by atoms with Crippen LogP contribution in [0.1, 0.15) is 33.8 Å². The van der Waals surface area contributed by atoms with E-state index in [9.17, 15) is 10.1 Å². The fourth-order valence-electron chi connectivity index (χ4n) is 4.72. The maximum atomic E-state index is 13.1. The van der Waals surface area contributed by atoms with Crippen molar-refractivity contribution in [1.29, 1.82) is 5.26 Å². The standard InChI is InChI=1S/C26H30Cl2N4OS/c1-30(26(33)21-4-2-3-19(13-21)15-29)16-22(20-5-6-24(27)25(28)14-20)7-8-31-17-23(18-31)32-9-11-34-12-10-32/h2-6,13-14,22-23H,7-12,16-18H2,1H3/t22-/m1/s1. The number of likely N-dealkylation sites (N-methyl/N-ethyl adjacent to an activating group) is 1. The SMILES string of the molecule is CN(C[C@@H](CCN1CC(N2CCSCC2)C1)c1ccc(Cl)c(Cl)c1)C(=O)c1cccc(C#N)c1. The van der Waals surface area contributed by atoms with E-state index in [1.54, 1.807) is 29.2 Å². The average Bonchev–Trinajstić information content (AvgIpc) is 2.84. The number of nitriles is 1. The first kappa shape index (κ1) is 25.3. The zero-order valence-corrected chi connectivity index (χ0v) is 21.7. The monoisotopic (exact) mass is 516 g/mol. The molecule has 0 N–H and O–H groups in total. The third-order valence-corrected chi connectivity index (χ3v) is 8.47. The minimum absolute atomic E-state index is 0.0888. The van der Waals surface area contributed by atoms with Crippen LogP contribution in [-0.4, -0.2) is 84.5 Å². The van der Waals surface area contributed by atoms with Gasteiger partial charge in [0, 0.05) is 68.8 Å². The summed E-state index contributed by atoms with van der Waals surface area (Å²) in [4.78, 5) is 20.0. The van der Waals surface area contributed by atoms with Gasteiger partial charge in [-0.2, -0.15) is 17.0 Å². The number of amides is 1. The summed E-state index contributed by atoms with van der Waals surface area (Å²) >= 11 is 14.5. The summed E-state index contributed by atoms with van der Waals surface area (Å²) in [5.74, 6) is 2.53. The molecule has 2 aliphatic rings. The molecule has 2 fully saturated rings. The Kier molecular flexibility index (Phi) is 8.79. The fraction of sp³-hybridized carbons (Fsp3) is 0.462. The maximum absolute atomic E-state index is 13.1. The van der Waals surface area contributed by atoms with E-state index >= 15 is 0 Å². The Labute approximate surface area is 216 Å². The molecule has 0 saturated carbocycles. The summed E-state index contributed by atoms with van der Waals surface area (Å²) in [6.07, 6.45) is 0.927. The van der Waals surface area contributed by atoms with Gasteiger partial charge >= 0.3 is 0 Å². The first-order valence-electron chi connectivity index (χ1n) is 11.7. The molecule has 1 amide bonds. The van der Waals surface area contributed by atoms with Crippen LogP contribution < -0.4 is 0 Å². The van der Waals surface area contributed by atoms with E-state index < -0.39 is 0 Å². The number of hydrogen-bond acceptors (Lipinski definition) is 5. The van der Waals surface area contributed by atoms with Crippen molar-refractivity contribution in [3.63, 3.8) is 0 Å². The molecule has 34 heavy (non-hydrogen) atoms. The van der Waals surface area contributed by atoms with E-state index in [1.165, 1.54) is 24.6 Å². The first-order valence-corrected chi connectivity index (χ1v) is 13.6. The molecule has 0 radical (unpaired) electrons. The Morgan fingerprint density at radius 3 is 2.65 bits per heavy atom. The highest BCUT2D eigenvalue weighted by Gasteiger charge is 2.32. The van der Waals surface area contributed by atoms with Gasteiger partial charge in [0.2, 0.25) is 0 Å². The summed E-state index contributed by atoms with van der Waals surface area (Å²) < 4.78 is 0. The van der Waals surface area contributed by atoms with Crippen LogP contribution in [0.4, 0.5) is 0 Å². The number of carbonyl (C=O) groups excluding carboxylic acids is 1. The van der Waals surface area contributed by atoms with Crippen molar-refractivity contribution in [1.82, 2.24) is 14.7 Å². The third-order valence-electron chi connectivity index (χ3n) is 6.79. The molecule has 0 aliphatic carbocycles. The zero-order valence-electron chi connectivity index (χ0n) is 19.4. The summed E-state index contributed by atoms with van der Waals surface area (Å²) in [6, 6.07) is 15.4. The van der Waals surface area contributed by atoms with Crippen LogP contribution in [0.2, 0.25) is 10.0 Å². The van der Waals surface area contributed by atoms with Gasteiger partial charge in [0.05, 0.1) is 21.7 Å². The van der Waals surface area contributed by atoms with Gasteiger partial charge < -0.3 is 9.80 Å². The van der Waals surface area contributed by atoms with Gasteiger partial charge in [-0.25, -0.2) is 0 Å². The quantitative estimate of drug-likeness (QED) is 0.502. The van der Waals surface area contributed by atoms with Crippen molar-refractivity contribution in [2.24, 2.45) is 0 Å². The van der Waals surface area contributed by atoms with Crippen LogP contribution >= 0.6 is 35.0 Å². The lowest BCUT2D eigenvalue weighted by Crippen LogP contribution is -2.61. The van der Waals surface area contributed by atoms with Gasteiger partial charge in [-0.15, -0.1) is 0 Å². The second-order valence-corrected chi connectivity index (χ2v) is 11.1. The van der Waals surface area contributed by atoms with Crippen LogP contribution in [-0.2, 0) is 0 Å². The van der Waals surface area contributed by atoms with E-state index in [0.717, 1.165) is 31.6 Å². The molecule has 5 nitrogen and oxygen atoms in total. The maximum Gasteiger partial charge on any atom is 0.253 e. The van der Waals surface area contributed by atoms with E-state index in [-0.39, 0.29) is 11.8 Å². The number of halogens is 2. The molecule has 2 aromatic carbocycles. The van der Waals surface area contributed by atoms with Crippen molar-refractivity contribution in [3.05, 3.63) is 69.2 Å². The van der Waals surface area contributed by atoms with Gasteiger partial charge in [0.25, 0.3) is 5.91 Å². The highest BCUT2D eigenvalue weighted by atomic mass is 35.5. The summed E-state index contributed by atoms with van der Waals surface area (Å²) in [7, 11) is 1.82. The highest BCUT2D eigenvalue weighted by Crippen LogP contribution is 2.30. The topological polar surface area (TPSA) is 50.6 Å². The van der Waals surface area contributed by atoms with E-state index in [0.29, 0.717) is 33.8 Å². The molecule has 180 valence electrons. The number of hydrogen-bond donors (Lipinski definition) is 0. The lowest BCUT2D eigenvalue weighted by Gasteiger charge is -2.47. The number of nitrogens with zero attached hydrogens (tertiary/aromatic N) is 4. The van der Waals surface area contributed by atoms with Crippen molar-refractivity contribution in [3.8, 4) is 6.07 Å². The molecular formula is C26H30Cl2N4OS. The Balaban J connectivity index is 1.40. The van der Waals surface area contributed by atoms with E-state index in [2.05, 4.69) is 27.6 Å². The van der Waals surface area contributed by atoms with Gasteiger partial charge in [0.15, 0.2) is 0 Å². The molecule has 0 aromatic heterocycles. The fourth-order valence-corrected chi connectivity index (χ4v) is 5.96. The number of likely N-dealkylation sites (tertiary alicyclic amines) is 1. The molecule has 1 atom stereocenters. The normalized spacial score (nSPS) is 18.2. The third kappa shape index (κ3) is 6.27. The predicted molar refractivity (Wildman–Crippen MR) is 141 cm³/mol. The van der Waals surface area contributed by atoms with Crippen LogP contribution in [0.15, 0.2) is 42.5 Å². The van der Waals surface area contributed by atoms with Gasteiger partial charge in [0.1, 0.15) is 0 Å². The lowest BCUT2D eigenvalue weighted by atomic mass is 9.93. The minimum atomic E-state index is -0.0888. The van der Waals surface area contributed by atoms with Crippen molar-refractivity contribution < 1.29 is 4.79 Å². The Morgan fingerprint density at radius 2 is 1.94 bits per heavy atom. The summed E-state index contributed by atoms with van der Waals surface area (Å²) in [6.45, 7) is 6.19. The summed E-state index contributed by atoms with van der Waals surface area (Å²) in [5, 5.41) is 10.2. The van der Waals surface area contributed by atoms with Gasteiger partial charge in [-0.05, 0) is 48.9 Å². The van der Waals surface area contributed by atoms with E-state index in [1.807, 2.05) is 25.2 Å². The smallest absolute Gasteiger partial charge is 0.253 e. The molecule has 0 unspecified atom stereocenters. The van der Waals surface area contributed by atoms with Crippen LogP contribution in [0.5, 0.6) is 0 Å². The van der Waals surface area contributed by atoms with Crippen LogP contribution in [0, 0.1) is 11.3 Å². The van der Waals surface area contributed by atoms with Crippen molar-refractivity contribution in [2.45, 2.75) is 18.4 Å². The molecular weight excluding hydrogens is 487 g/mol. The zero-order chi connectivity index (χ0) is 24.1. The van der Waals surface area contributed by atoms with Gasteiger partial charge in [-0.1, -0.05) is 35.3 Å². The molecule has 2 heterocycles. The van der Waals surface area contributed by atoms with Crippen LogP contribution in [0.3, 0.4) is 0 Å². The first-order chi connectivity index (χ1) is 16.4. The Hall–Kier alpha value is -1.75. The molecule has 2 saturated heterocycles. The molecule has 4 rings (SSSR count). The lowest BCUT2D eigenvalue weighted by molar-refractivity contribution is 0.0371. The molecule has 0 spiro atoms. The van der Waals surface area contributed by atoms with Crippen molar-refractivity contribution >= 4 is 40.9 Å². The van der Waals surface area contributed by atoms with Crippen molar-refractivity contribution in [2.75, 3.05) is 57.8 Å². The summed E-state index contributed by atoms with van der Waals surface area (Å²) in [5.41, 5.74) is 2.10. The average molecular weight is 518 g/mol. The molecule has 2 aromatic rings. The van der Waals surface area contributed by atoms with Gasteiger partial charge in [-0.3, -0.25) is 9.69 Å². The molecule has 0 bridgehead atoms. The second-order valence-electron chi connectivity index (χ2n) is 9.10. The molecule has 2 aliphatic heterocycles. The minimum Gasteiger partial charge on any atom is -0.341 e. The number of benzene rings is 2. The van der Waals surface area contributed by atoms with Crippen LogP contribution in [0.25, 0.3) is 0 Å². The largest absolute Gasteiger partial charge is 0.341 e. The Morgan fingerprint density at radius 1 is 1.18 bits per heavy atom.